The minimum atomic E-state index is -0.319. The van der Waals surface area contributed by atoms with Crippen LogP contribution in [-0.2, 0) is 20.0 Å². The maximum Gasteiger partial charge on any atom is 0.293 e. The Morgan fingerprint density at radius 2 is 2.30 bits per heavy atom. The molecule has 0 aromatic carbocycles. The molecule has 0 radical (unpaired) electrons. The molecular weight excluding hydrogens is 284 g/mol. The number of fused-ring (bicyclic) bond motifs is 1. The molecule has 104 valence electrons. The summed E-state index contributed by atoms with van der Waals surface area (Å²) >= 11 is 5.78. The smallest absolute Gasteiger partial charge is 0.293 e. The minimum absolute atomic E-state index is 0.0470. The van der Waals surface area contributed by atoms with E-state index < -0.39 is 0 Å². The minimum Gasteiger partial charge on any atom is -0.330 e. The number of nitrogens with one attached hydrogen (secondary N) is 1. The molecule has 3 rings (SSSR count). The molecule has 0 bridgehead atoms. The lowest BCUT2D eigenvalue weighted by Crippen LogP contribution is -2.39. The van der Waals surface area contributed by atoms with Crippen LogP contribution in [0.5, 0.6) is 0 Å². The highest BCUT2D eigenvalue weighted by atomic mass is 35.5. The van der Waals surface area contributed by atoms with Gasteiger partial charge in [-0.3, -0.25) is 9.59 Å². The van der Waals surface area contributed by atoms with Gasteiger partial charge in [0.15, 0.2) is 0 Å². The Morgan fingerprint density at radius 3 is 3.00 bits per heavy atom. The van der Waals surface area contributed by atoms with Crippen LogP contribution in [0.4, 0.5) is 0 Å². The predicted octanol–water partition coefficient (Wildman–Crippen LogP) is -0.250. The van der Waals surface area contributed by atoms with E-state index in [0.29, 0.717) is 24.2 Å². The third-order valence-electron chi connectivity index (χ3n) is 3.20. The average Bonchev–Trinajstić information content (AvgIpc) is 2.78. The summed E-state index contributed by atoms with van der Waals surface area (Å²) in [6.07, 6.45) is 1.80. The van der Waals surface area contributed by atoms with Gasteiger partial charge in [0.1, 0.15) is 0 Å². The van der Waals surface area contributed by atoms with Gasteiger partial charge in [-0.15, -0.1) is 5.10 Å². The van der Waals surface area contributed by atoms with Crippen molar-refractivity contribution in [3.8, 4) is 0 Å². The van der Waals surface area contributed by atoms with Gasteiger partial charge >= 0.3 is 0 Å². The van der Waals surface area contributed by atoms with E-state index in [1.807, 2.05) is 0 Å². The highest BCUT2D eigenvalue weighted by molar-refractivity contribution is 6.28. The number of halogens is 1. The zero-order valence-electron chi connectivity index (χ0n) is 10.6. The molecule has 0 aliphatic carbocycles. The van der Waals surface area contributed by atoms with Gasteiger partial charge in [0.2, 0.25) is 11.1 Å². The Bertz CT molecular complexity index is 717. The number of aryl methyl sites for hydroxylation is 1. The van der Waals surface area contributed by atoms with Crippen LogP contribution in [0, 0.1) is 0 Å². The molecule has 2 aromatic heterocycles. The van der Waals surface area contributed by atoms with E-state index in [1.165, 1.54) is 11.0 Å². The predicted molar refractivity (Wildman–Crippen MR) is 69.3 cm³/mol. The van der Waals surface area contributed by atoms with Crippen LogP contribution in [0.1, 0.15) is 21.9 Å². The van der Waals surface area contributed by atoms with E-state index in [9.17, 15) is 9.59 Å². The van der Waals surface area contributed by atoms with E-state index in [0.717, 1.165) is 0 Å². The zero-order valence-corrected chi connectivity index (χ0v) is 11.4. The number of aromatic nitrogens is 5. The number of hydrogen-bond donors (Lipinski definition) is 1. The Kier molecular flexibility index (Phi) is 3.01. The second-order valence-corrected chi connectivity index (χ2v) is 4.80. The summed E-state index contributed by atoms with van der Waals surface area (Å²) in [4.78, 5) is 36.0. The van der Waals surface area contributed by atoms with Gasteiger partial charge in [0.05, 0.1) is 18.6 Å². The highest BCUT2D eigenvalue weighted by Crippen LogP contribution is 2.15. The van der Waals surface area contributed by atoms with Crippen LogP contribution >= 0.6 is 11.6 Å². The number of amides is 1. The fourth-order valence-corrected chi connectivity index (χ4v) is 2.25. The number of nitrogens with zero attached hydrogens (tertiary/aromatic N) is 5. The van der Waals surface area contributed by atoms with Crippen LogP contribution in [-0.4, -0.2) is 42.1 Å². The molecule has 0 saturated carbocycles. The van der Waals surface area contributed by atoms with E-state index in [1.54, 1.807) is 11.9 Å². The molecular formula is C11H11ClN6O2. The van der Waals surface area contributed by atoms with Gasteiger partial charge in [-0.1, -0.05) is 0 Å². The molecule has 1 amide bonds. The number of rotatable bonds is 1. The average molecular weight is 295 g/mol. The summed E-state index contributed by atoms with van der Waals surface area (Å²) in [5, 5.41) is 4.11. The first-order valence-electron chi connectivity index (χ1n) is 5.97. The zero-order chi connectivity index (χ0) is 14.3. The van der Waals surface area contributed by atoms with E-state index in [2.05, 4.69) is 20.1 Å². The highest BCUT2D eigenvalue weighted by Gasteiger charge is 2.26. The summed E-state index contributed by atoms with van der Waals surface area (Å²) in [6.45, 7) is 0.699. The topological polar surface area (TPSA) is 96.8 Å². The third kappa shape index (κ3) is 2.07. The summed E-state index contributed by atoms with van der Waals surface area (Å²) in [5.41, 5.74) is 1.08. The summed E-state index contributed by atoms with van der Waals surface area (Å²) in [7, 11) is 1.61. The monoisotopic (exact) mass is 294 g/mol. The van der Waals surface area contributed by atoms with Crippen molar-refractivity contribution in [2.75, 3.05) is 6.54 Å². The van der Waals surface area contributed by atoms with Gasteiger partial charge in [-0.2, -0.15) is 4.98 Å². The SMILES string of the molecule is Cn1nc(C(=O)N2CCc3c(nc[nH]c3=O)C2)nc1Cl. The fraction of sp³-hybridized carbons (Fsp3) is 0.364. The van der Waals surface area contributed by atoms with Crippen LogP contribution in [0.25, 0.3) is 0 Å². The number of carbonyl (C=O) groups excluding carboxylic acids is 1. The molecule has 0 fully saturated rings. The molecule has 0 unspecified atom stereocenters. The summed E-state index contributed by atoms with van der Waals surface area (Å²) < 4.78 is 1.33. The molecule has 1 N–H and O–H groups in total. The number of carbonyl (C=O) groups is 1. The Balaban J connectivity index is 1.87. The van der Waals surface area contributed by atoms with Crippen molar-refractivity contribution < 1.29 is 4.79 Å². The third-order valence-corrected chi connectivity index (χ3v) is 3.53. The van der Waals surface area contributed by atoms with Gasteiger partial charge in [-0.05, 0) is 18.0 Å². The Morgan fingerprint density at radius 1 is 1.50 bits per heavy atom. The normalized spacial score (nSPS) is 14.2. The van der Waals surface area contributed by atoms with Gasteiger partial charge in [-0.25, -0.2) is 9.67 Å². The molecule has 1 aliphatic rings. The van der Waals surface area contributed by atoms with Crippen molar-refractivity contribution in [2.45, 2.75) is 13.0 Å². The van der Waals surface area contributed by atoms with Crippen molar-refractivity contribution in [1.82, 2.24) is 29.6 Å². The lowest BCUT2D eigenvalue weighted by molar-refractivity contribution is 0.0718. The van der Waals surface area contributed by atoms with Crippen molar-refractivity contribution >= 4 is 17.5 Å². The molecule has 1 aliphatic heterocycles. The molecule has 0 saturated heterocycles. The molecule has 9 heteroatoms. The fourth-order valence-electron chi connectivity index (χ4n) is 2.14. The van der Waals surface area contributed by atoms with Gasteiger partial charge < -0.3 is 9.88 Å². The van der Waals surface area contributed by atoms with Crippen molar-refractivity contribution in [2.24, 2.45) is 7.05 Å². The van der Waals surface area contributed by atoms with Crippen molar-refractivity contribution in [3.63, 3.8) is 0 Å². The second kappa shape index (κ2) is 4.71. The molecule has 0 spiro atoms. The largest absolute Gasteiger partial charge is 0.330 e. The van der Waals surface area contributed by atoms with Crippen LogP contribution in [0.15, 0.2) is 11.1 Å². The quantitative estimate of drug-likeness (QED) is 0.782. The van der Waals surface area contributed by atoms with Gasteiger partial charge in [0.25, 0.3) is 11.5 Å². The first-order valence-corrected chi connectivity index (χ1v) is 6.35. The lowest BCUT2D eigenvalue weighted by atomic mass is 10.1. The first kappa shape index (κ1) is 12.8. The second-order valence-electron chi connectivity index (χ2n) is 4.46. The number of hydrogen-bond acceptors (Lipinski definition) is 5. The number of H-pyrrole nitrogens is 1. The maximum atomic E-state index is 12.3. The number of aromatic amines is 1. The van der Waals surface area contributed by atoms with E-state index in [4.69, 9.17) is 11.6 Å². The van der Waals surface area contributed by atoms with E-state index >= 15 is 0 Å². The van der Waals surface area contributed by atoms with Crippen LogP contribution in [0.2, 0.25) is 5.28 Å². The summed E-state index contributed by atoms with van der Waals surface area (Å²) in [6, 6.07) is 0. The molecule has 8 nitrogen and oxygen atoms in total. The van der Waals surface area contributed by atoms with Gasteiger partial charge in [0, 0.05) is 19.2 Å². The van der Waals surface area contributed by atoms with Crippen molar-refractivity contribution in [1.29, 1.82) is 0 Å². The Hall–Kier alpha value is -2.22. The molecule has 0 atom stereocenters. The van der Waals surface area contributed by atoms with Crippen LogP contribution < -0.4 is 5.56 Å². The lowest BCUT2D eigenvalue weighted by Gasteiger charge is -2.26. The first-order chi connectivity index (χ1) is 9.56. The summed E-state index contributed by atoms with van der Waals surface area (Å²) in [5.74, 6) is -0.272. The molecule has 20 heavy (non-hydrogen) atoms. The van der Waals surface area contributed by atoms with Crippen LogP contribution in [0.3, 0.4) is 0 Å². The standard InChI is InChI=1S/C11H11ClN6O2/c1-17-11(12)15-8(16-17)10(20)18-3-2-6-7(4-18)13-5-14-9(6)19/h5H,2-4H2,1H3,(H,13,14,19). The van der Waals surface area contributed by atoms with E-state index in [-0.39, 0.29) is 29.1 Å². The molecule has 3 heterocycles. The van der Waals surface area contributed by atoms with Crippen molar-refractivity contribution in [3.05, 3.63) is 39.0 Å². The Labute approximate surface area is 118 Å². The maximum absolute atomic E-state index is 12.3. The molecule has 2 aromatic rings.